The molecule has 0 heterocycles. The van der Waals surface area contributed by atoms with Crippen LogP contribution in [0.4, 0.5) is 27.6 Å². The second-order valence-corrected chi connectivity index (χ2v) is 5.64. The molecule has 1 aliphatic rings. The van der Waals surface area contributed by atoms with Crippen LogP contribution in [0.25, 0.3) is 0 Å². The van der Waals surface area contributed by atoms with Crippen molar-refractivity contribution in [2.45, 2.75) is 24.6 Å². The summed E-state index contributed by atoms with van der Waals surface area (Å²) in [5, 5.41) is 9.70. The third-order valence-electron chi connectivity index (χ3n) is 3.15. The number of benzene rings is 1. The molecule has 0 radical (unpaired) electrons. The monoisotopic (exact) mass is 374 g/mol. The minimum absolute atomic E-state index is 0.00627. The van der Waals surface area contributed by atoms with Crippen molar-refractivity contribution in [3.05, 3.63) is 39.5 Å². The minimum Gasteiger partial charge on any atom is -0.394 e. The van der Waals surface area contributed by atoms with Crippen LogP contribution in [-0.2, 0) is 0 Å². The van der Waals surface area contributed by atoms with Gasteiger partial charge in [-0.15, -0.1) is 0 Å². The van der Waals surface area contributed by atoms with Crippen LogP contribution in [0, 0.1) is 0 Å². The quantitative estimate of drug-likeness (QED) is 0.722. The maximum absolute atomic E-state index is 13.6. The third-order valence-corrected chi connectivity index (χ3v) is 3.89. The van der Waals surface area contributed by atoms with Crippen molar-refractivity contribution in [2.75, 3.05) is 0 Å². The number of nitrogens with zero attached hydrogens (tertiary/aromatic N) is 1. The Morgan fingerprint density at radius 3 is 2.39 bits per heavy atom. The summed E-state index contributed by atoms with van der Waals surface area (Å²) in [6, 6.07) is 3.79. The molecular weight excluding hydrogens is 366 g/mol. The zero-order chi connectivity index (χ0) is 17.6. The molecule has 0 saturated heterocycles. The van der Waals surface area contributed by atoms with Crippen LogP contribution in [0.2, 0.25) is 10.0 Å². The van der Waals surface area contributed by atoms with E-state index in [0.717, 1.165) is 0 Å². The highest BCUT2D eigenvalue weighted by atomic mass is 35.5. The number of hydrogen-bond acceptors (Lipinski definition) is 3. The molecule has 1 saturated carbocycles. The van der Waals surface area contributed by atoms with Crippen molar-refractivity contribution >= 4 is 34.6 Å². The Morgan fingerprint density at radius 1 is 1.26 bits per heavy atom. The van der Waals surface area contributed by atoms with Gasteiger partial charge in [-0.25, -0.2) is 8.78 Å². The molecular formula is C13H9Cl2F5N2O. The summed E-state index contributed by atoms with van der Waals surface area (Å²) in [5.74, 6) is -3.81. The lowest BCUT2D eigenvalue weighted by molar-refractivity contribution is -0.0985. The number of hydrogen-bond donors (Lipinski definition) is 2. The van der Waals surface area contributed by atoms with Gasteiger partial charge in [0.05, 0.1) is 27.9 Å². The number of rotatable bonds is 1. The molecule has 0 amide bonds. The largest absolute Gasteiger partial charge is 0.431 e. The molecule has 0 aliphatic heterocycles. The average Bonchev–Trinajstić information content (AvgIpc) is 2.62. The summed E-state index contributed by atoms with van der Waals surface area (Å²) < 4.78 is 65.4. The first-order valence-corrected chi connectivity index (χ1v) is 6.85. The van der Waals surface area contributed by atoms with Crippen molar-refractivity contribution in [2.24, 2.45) is 10.7 Å². The smallest absolute Gasteiger partial charge is 0.394 e. The molecule has 0 spiro atoms. The molecule has 10 heteroatoms. The van der Waals surface area contributed by atoms with Crippen molar-refractivity contribution < 1.29 is 27.1 Å². The lowest BCUT2D eigenvalue weighted by atomic mass is 10.1. The van der Waals surface area contributed by atoms with Gasteiger partial charge < -0.3 is 10.8 Å². The molecule has 1 aromatic rings. The van der Waals surface area contributed by atoms with E-state index in [1.807, 2.05) is 0 Å². The maximum atomic E-state index is 13.6. The van der Waals surface area contributed by atoms with Gasteiger partial charge in [-0.2, -0.15) is 13.2 Å². The second-order valence-electron chi connectivity index (χ2n) is 4.82. The van der Waals surface area contributed by atoms with E-state index in [4.69, 9.17) is 28.9 Å². The Balaban J connectivity index is 2.58. The molecule has 1 fully saturated rings. The van der Waals surface area contributed by atoms with E-state index in [0.29, 0.717) is 0 Å². The Kier molecular flexibility index (Phi) is 4.62. The van der Waals surface area contributed by atoms with Crippen molar-refractivity contribution in [1.29, 1.82) is 0 Å². The van der Waals surface area contributed by atoms with Gasteiger partial charge in [0.15, 0.2) is 0 Å². The van der Waals surface area contributed by atoms with Crippen molar-refractivity contribution in [1.82, 2.24) is 0 Å². The van der Waals surface area contributed by atoms with Crippen molar-refractivity contribution in [3.8, 4) is 0 Å². The van der Waals surface area contributed by atoms with E-state index in [-0.39, 0.29) is 15.7 Å². The number of aliphatic hydroxyl groups is 1. The van der Waals surface area contributed by atoms with Gasteiger partial charge in [-0.05, 0) is 18.2 Å². The summed E-state index contributed by atoms with van der Waals surface area (Å²) in [4.78, 5) is 3.72. The topological polar surface area (TPSA) is 58.6 Å². The highest BCUT2D eigenvalue weighted by Gasteiger charge is 2.53. The number of aliphatic imine (C=N–C) groups is 1. The third kappa shape index (κ3) is 3.59. The summed E-state index contributed by atoms with van der Waals surface area (Å²) in [6.07, 6.45) is -8.94. The Hall–Kier alpha value is -1.38. The van der Waals surface area contributed by atoms with Gasteiger partial charge in [0.25, 0.3) is 5.92 Å². The first-order valence-electron chi connectivity index (χ1n) is 6.09. The predicted molar refractivity (Wildman–Crippen MR) is 76.4 cm³/mol. The zero-order valence-electron chi connectivity index (χ0n) is 11.1. The SMILES string of the molecule is N/C(=C1\C(=Nc2ccc(Cl)c(Cl)c2)CC(F)(F)[C@H]1O)C(F)(F)F. The van der Waals surface area contributed by atoms with Crippen LogP contribution in [0.1, 0.15) is 6.42 Å². The maximum Gasteiger partial charge on any atom is 0.431 e. The fourth-order valence-electron chi connectivity index (χ4n) is 2.05. The van der Waals surface area contributed by atoms with E-state index in [1.54, 1.807) is 0 Å². The highest BCUT2D eigenvalue weighted by molar-refractivity contribution is 6.42. The van der Waals surface area contributed by atoms with Crippen LogP contribution in [-0.4, -0.2) is 29.0 Å². The molecule has 3 nitrogen and oxygen atoms in total. The summed E-state index contributed by atoms with van der Waals surface area (Å²) in [5.41, 5.74) is 1.31. The fourth-order valence-corrected chi connectivity index (χ4v) is 2.34. The minimum atomic E-state index is -5.07. The molecule has 23 heavy (non-hydrogen) atoms. The van der Waals surface area contributed by atoms with E-state index in [2.05, 4.69) is 4.99 Å². The lowest BCUT2D eigenvalue weighted by Crippen LogP contribution is -2.32. The summed E-state index contributed by atoms with van der Waals surface area (Å²) in [6.45, 7) is 0. The van der Waals surface area contributed by atoms with E-state index >= 15 is 0 Å². The van der Waals surface area contributed by atoms with Gasteiger partial charge in [0.1, 0.15) is 11.8 Å². The second kappa shape index (κ2) is 5.92. The Labute approximate surface area is 137 Å². The Morgan fingerprint density at radius 2 is 1.87 bits per heavy atom. The molecule has 1 aromatic carbocycles. The first-order chi connectivity index (χ1) is 10.4. The molecule has 3 N–H and O–H groups in total. The average molecular weight is 375 g/mol. The van der Waals surface area contributed by atoms with Gasteiger partial charge in [-0.3, -0.25) is 4.99 Å². The van der Waals surface area contributed by atoms with Crippen LogP contribution < -0.4 is 5.73 Å². The van der Waals surface area contributed by atoms with Crippen LogP contribution >= 0.6 is 23.2 Å². The van der Waals surface area contributed by atoms with Crippen LogP contribution in [0.3, 0.4) is 0 Å². The zero-order valence-corrected chi connectivity index (χ0v) is 12.6. The number of allylic oxidation sites excluding steroid dienone is 1. The van der Waals surface area contributed by atoms with Gasteiger partial charge >= 0.3 is 6.18 Å². The predicted octanol–water partition coefficient (Wildman–Crippen LogP) is 4.24. The normalized spacial score (nSPS) is 25.0. The van der Waals surface area contributed by atoms with Gasteiger partial charge in [0, 0.05) is 5.57 Å². The lowest BCUT2D eigenvalue weighted by Gasteiger charge is -2.16. The van der Waals surface area contributed by atoms with E-state index in [9.17, 15) is 27.1 Å². The van der Waals surface area contributed by atoms with Gasteiger partial charge in [0.2, 0.25) is 0 Å². The molecule has 0 bridgehead atoms. The first kappa shape index (κ1) is 18.0. The summed E-state index contributed by atoms with van der Waals surface area (Å²) >= 11 is 11.4. The van der Waals surface area contributed by atoms with Crippen molar-refractivity contribution in [3.63, 3.8) is 0 Å². The molecule has 2 rings (SSSR count). The van der Waals surface area contributed by atoms with Crippen LogP contribution in [0.15, 0.2) is 34.5 Å². The fraction of sp³-hybridized carbons (Fsp3) is 0.308. The molecule has 0 aromatic heterocycles. The van der Waals surface area contributed by atoms with Crippen LogP contribution in [0.5, 0.6) is 0 Å². The summed E-state index contributed by atoms with van der Waals surface area (Å²) in [7, 11) is 0. The molecule has 0 unspecified atom stereocenters. The molecule has 1 aliphatic carbocycles. The van der Waals surface area contributed by atoms with Gasteiger partial charge in [-0.1, -0.05) is 23.2 Å². The number of aliphatic hydroxyl groups excluding tert-OH is 1. The number of nitrogens with two attached hydrogens (primary N) is 1. The number of halogens is 7. The van der Waals surface area contributed by atoms with E-state index < -0.39 is 41.6 Å². The number of alkyl halides is 5. The Bertz CT molecular complexity index is 700. The van der Waals surface area contributed by atoms with E-state index in [1.165, 1.54) is 18.2 Å². The highest BCUT2D eigenvalue weighted by Crippen LogP contribution is 2.42. The standard InChI is InChI=1S/C13H9Cl2F5N2O/c14-6-2-1-5(3-7(6)15)22-8-4-12(16,17)11(23)9(8)10(21)13(18,19)20/h1-3,11,23H,4,21H2/b10-9+,22-8?/t11-/m0/s1. The molecule has 126 valence electrons. The molecule has 1 atom stereocenters.